The van der Waals surface area contributed by atoms with E-state index in [1.54, 1.807) is 37.6 Å². The summed E-state index contributed by atoms with van der Waals surface area (Å²) in [5.74, 6) is 0.991. The second-order valence-corrected chi connectivity index (χ2v) is 7.41. The number of benzene rings is 2. The molecule has 31 heavy (non-hydrogen) atoms. The molecule has 0 atom stereocenters. The van der Waals surface area contributed by atoms with Gasteiger partial charge in [0.05, 0.1) is 24.6 Å². The van der Waals surface area contributed by atoms with Gasteiger partial charge in [0.25, 0.3) is 5.91 Å². The first-order valence-corrected chi connectivity index (χ1v) is 10.2. The van der Waals surface area contributed by atoms with Crippen molar-refractivity contribution in [1.82, 2.24) is 9.88 Å². The second-order valence-electron chi connectivity index (χ2n) is 7.41. The third-order valence-electron chi connectivity index (χ3n) is 5.41. The molecule has 1 aliphatic heterocycles. The van der Waals surface area contributed by atoms with Crippen LogP contribution >= 0.6 is 0 Å². The van der Waals surface area contributed by atoms with Gasteiger partial charge >= 0.3 is 0 Å². The molecule has 3 aromatic rings. The first-order chi connectivity index (χ1) is 15.1. The van der Waals surface area contributed by atoms with Gasteiger partial charge in [-0.25, -0.2) is 9.37 Å². The van der Waals surface area contributed by atoms with Crippen LogP contribution in [0.25, 0.3) is 0 Å². The van der Waals surface area contributed by atoms with Crippen molar-refractivity contribution in [2.45, 2.75) is 6.54 Å². The Morgan fingerprint density at radius 2 is 1.77 bits per heavy atom. The lowest BCUT2D eigenvalue weighted by Gasteiger charge is -2.35. The number of nitrogens with one attached hydrogen (secondary N) is 1. The number of rotatable bonds is 6. The Morgan fingerprint density at radius 3 is 2.48 bits per heavy atom. The molecule has 1 fully saturated rings. The van der Waals surface area contributed by atoms with Crippen LogP contribution in [0.15, 0.2) is 66.9 Å². The summed E-state index contributed by atoms with van der Waals surface area (Å²) in [4.78, 5) is 21.5. The summed E-state index contributed by atoms with van der Waals surface area (Å²) in [6.07, 6.45) is 1.66. The minimum Gasteiger partial charge on any atom is -0.496 e. The molecule has 0 radical (unpaired) electrons. The number of anilines is 2. The monoisotopic (exact) mass is 420 g/mol. The minimum absolute atomic E-state index is 0.155. The summed E-state index contributed by atoms with van der Waals surface area (Å²) in [6, 6.07) is 17.8. The Bertz CT molecular complexity index is 1030. The number of halogens is 1. The SMILES string of the molecule is COc1ccccc1C(=O)Nc1ccc(N2CCN(Cc3ccccc3F)CC2)nc1. The highest BCUT2D eigenvalue weighted by atomic mass is 19.1. The molecule has 1 amide bonds. The van der Waals surface area contributed by atoms with Gasteiger partial charge in [-0.1, -0.05) is 30.3 Å². The van der Waals surface area contributed by atoms with Gasteiger partial charge in [-0.15, -0.1) is 0 Å². The van der Waals surface area contributed by atoms with Gasteiger partial charge in [0.2, 0.25) is 0 Å². The van der Waals surface area contributed by atoms with E-state index in [1.165, 1.54) is 6.07 Å². The maximum atomic E-state index is 13.9. The fourth-order valence-electron chi connectivity index (χ4n) is 3.68. The largest absolute Gasteiger partial charge is 0.496 e. The van der Waals surface area contributed by atoms with E-state index in [4.69, 9.17) is 4.74 Å². The smallest absolute Gasteiger partial charge is 0.259 e. The van der Waals surface area contributed by atoms with Crippen molar-refractivity contribution in [3.05, 3.63) is 83.8 Å². The second kappa shape index (κ2) is 9.57. The number of nitrogens with zero attached hydrogens (tertiary/aromatic N) is 3. The number of hydrogen-bond acceptors (Lipinski definition) is 5. The molecule has 4 rings (SSSR count). The zero-order valence-electron chi connectivity index (χ0n) is 17.4. The molecule has 2 aromatic carbocycles. The number of methoxy groups -OCH3 is 1. The molecule has 0 aliphatic carbocycles. The Kier molecular flexibility index (Phi) is 6.43. The minimum atomic E-state index is -0.242. The summed E-state index contributed by atoms with van der Waals surface area (Å²) in [5, 5.41) is 2.86. The van der Waals surface area contributed by atoms with Crippen molar-refractivity contribution in [3.63, 3.8) is 0 Å². The summed E-state index contributed by atoms with van der Waals surface area (Å²) >= 11 is 0. The quantitative estimate of drug-likeness (QED) is 0.657. The van der Waals surface area contributed by atoms with Crippen LogP contribution in [-0.4, -0.2) is 49.1 Å². The lowest BCUT2D eigenvalue weighted by molar-refractivity contribution is 0.102. The molecular formula is C24H25FN4O2. The van der Waals surface area contributed by atoms with Crippen molar-refractivity contribution < 1.29 is 13.9 Å². The number of aromatic nitrogens is 1. The fourth-order valence-corrected chi connectivity index (χ4v) is 3.68. The van der Waals surface area contributed by atoms with E-state index in [1.807, 2.05) is 30.3 Å². The number of ether oxygens (including phenoxy) is 1. The molecule has 2 heterocycles. The van der Waals surface area contributed by atoms with Gasteiger partial charge in [-0.3, -0.25) is 9.69 Å². The zero-order chi connectivity index (χ0) is 21.6. The summed E-state index contributed by atoms with van der Waals surface area (Å²) in [5.41, 5.74) is 1.82. The van der Waals surface area contributed by atoms with E-state index in [9.17, 15) is 9.18 Å². The van der Waals surface area contributed by atoms with Gasteiger partial charge in [0, 0.05) is 38.3 Å². The topological polar surface area (TPSA) is 57.7 Å². The van der Waals surface area contributed by atoms with Crippen molar-refractivity contribution in [2.24, 2.45) is 0 Å². The van der Waals surface area contributed by atoms with Crippen molar-refractivity contribution in [2.75, 3.05) is 43.5 Å². The third-order valence-corrected chi connectivity index (χ3v) is 5.41. The number of piperazine rings is 1. The van der Waals surface area contributed by atoms with Gasteiger partial charge < -0.3 is 15.0 Å². The summed E-state index contributed by atoms with van der Waals surface area (Å²) in [6.45, 7) is 3.91. The predicted octanol–water partition coefficient (Wildman–Crippen LogP) is 3.80. The van der Waals surface area contributed by atoms with Crippen LogP contribution < -0.4 is 15.0 Å². The Balaban J connectivity index is 1.33. The van der Waals surface area contributed by atoms with E-state index in [2.05, 4.69) is 20.1 Å². The van der Waals surface area contributed by atoms with Crippen LogP contribution in [0.4, 0.5) is 15.9 Å². The molecule has 1 aromatic heterocycles. The van der Waals surface area contributed by atoms with Gasteiger partial charge in [-0.2, -0.15) is 0 Å². The maximum absolute atomic E-state index is 13.9. The predicted molar refractivity (Wildman–Crippen MR) is 119 cm³/mol. The fraction of sp³-hybridized carbons (Fsp3) is 0.250. The molecule has 0 saturated carbocycles. The first-order valence-electron chi connectivity index (χ1n) is 10.2. The molecule has 7 heteroatoms. The molecule has 0 spiro atoms. The Morgan fingerprint density at radius 1 is 1.03 bits per heavy atom. The van der Waals surface area contributed by atoms with Crippen LogP contribution in [0.3, 0.4) is 0 Å². The molecule has 160 valence electrons. The highest BCUT2D eigenvalue weighted by Gasteiger charge is 2.19. The van der Waals surface area contributed by atoms with Crippen molar-refractivity contribution >= 4 is 17.4 Å². The third kappa shape index (κ3) is 5.00. The number of carbonyl (C=O) groups is 1. The normalized spacial score (nSPS) is 14.3. The van der Waals surface area contributed by atoms with E-state index >= 15 is 0 Å². The number of hydrogen-bond donors (Lipinski definition) is 1. The van der Waals surface area contributed by atoms with Gasteiger partial charge in [0.1, 0.15) is 17.4 Å². The molecule has 1 N–H and O–H groups in total. The maximum Gasteiger partial charge on any atom is 0.259 e. The molecule has 1 aliphatic rings. The summed E-state index contributed by atoms with van der Waals surface area (Å²) < 4.78 is 19.1. The molecule has 6 nitrogen and oxygen atoms in total. The van der Waals surface area contributed by atoms with Crippen LogP contribution in [-0.2, 0) is 6.54 Å². The number of amides is 1. The van der Waals surface area contributed by atoms with Crippen molar-refractivity contribution in [1.29, 1.82) is 0 Å². The van der Waals surface area contributed by atoms with E-state index in [-0.39, 0.29) is 11.7 Å². The average molecular weight is 420 g/mol. The summed E-state index contributed by atoms with van der Waals surface area (Å²) in [7, 11) is 1.54. The van der Waals surface area contributed by atoms with Crippen LogP contribution in [0.5, 0.6) is 5.75 Å². The van der Waals surface area contributed by atoms with Gasteiger partial charge in [0.15, 0.2) is 0 Å². The zero-order valence-corrected chi connectivity index (χ0v) is 17.4. The average Bonchev–Trinajstić information content (AvgIpc) is 2.81. The van der Waals surface area contributed by atoms with Crippen LogP contribution in [0, 0.1) is 5.82 Å². The van der Waals surface area contributed by atoms with Crippen LogP contribution in [0.2, 0.25) is 0 Å². The van der Waals surface area contributed by atoms with Crippen LogP contribution in [0.1, 0.15) is 15.9 Å². The lowest BCUT2D eigenvalue weighted by Crippen LogP contribution is -2.46. The highest BCUT2D eigenvalue weighted by molar-refractivity contribution is 6.06. The highest BCUT2D eigenvalue weighted by Crippen LogP contribution is 2.21. The van der Waals surface area contributed by atoms with E-state index in [0.29, 0.717) is 23.5 Å². The molecular weight excluding hydrogens is 395 g/mol. The van der Waals surface area contributed by atoms with E-state index in [0.717, 1.165) is 37.6 Å². The molecule has 0 bridgehead atoms. The first kappa shape index (κ1) is 20.8. The molecule has 0 unspecified atom stereocenters. The van der Waals surface area contributed by atoms with Crippen molar-refractivity contribution in [3.8, 4) is 5.75 Å². The number of carbonyl (C=O) groups excluding carboxylic acids is 1. The number of pyridine rings is 1. The molecule has 1 saturated heterocycles. The standard InChI is InChI=1S/C24H25FN4O2/c1-31-22-9-5-3-7-20(22)24(30)27-19-10-11-23(26-16-19)29-14-12-28(13-15-29)17-18-6-2-4-8-21(18)25/h2-11,16H,12-15,17H2,1H3,(H,27,30). The number of para-hydroxylation sites is 1. The Hall–Kier alpha value is -3.45. The lowest BCUT2D eigenvalue weighted by atomic mass is 10.2. The van der Waals surface area contributed by atoms with Gasteiger partial charge in [-0.05, 0) is 30.3 Å². The van der Waals surface area contributed by atoms with E-state index < -0.39 is 0 Å². The Labute approximate surface area is 181 Å².